The summed E-state index contributed by atoms with van der Waals surface area (Å²) in [6.45, 7) is 6.03. The third-order valence-electron chi connectivity index (χ3n) is 3.04. The van der Waals surface area contributed by atoms with E-state index in [9.17, 15) is 0 Å². The molecule has 3 nitrogen and oxygen atoms in total. The zero-order valence-electron chi connectivity index (χ0n) is 10.5. The maximum Gasteiger partial charge on any atom is 0.0709 e. The molecule has 0 aromatic carbocycles. The molecule has 0 aliphatic rings. The summed E-state index contributed by atoms with van der Waals surface area (Å²) < 4.78 is 1.92. The molecule has 0 saturated heterocycles. The summed E-state index contributed by atoms with van der Waals surface area (Å²) in [6.07, 6.45) is 6.02. The SMILES string of the molecule is C=C(C)CCC(NC)c1cnn2ccccc12. The summed E-state index contributed by atoms with van der Waals surface area (Å²) in [4.78, 5) is 0. The minimum Gasteiger partial charge on any atom is -0.313 e. The average molecular weight is 229 g/mol. The molecule has 1 atom stereocenters. The van der Waals surface area contributed by atoms with Crippen LogP contribution >= 0.6 is 0 Å². The Hall–Kier alpha value is -1.61. The van der Waals surface area contributed by atoms with E-state index in [-0.39, 0.29) is 0 Å². The monoisotopic (exact) mass is 229 g/mol. The van der Waals surface area contributed by atoms with Crippen molar-refractivity contribution in [2.24, 2.45) is 0 Å². The Morgan fingerprint density at radius 1 is 1.53 bits per heavy atom. The molecular formula is C14H19N3. The fraction of sp³-hybridized carbons (Fsp3) is 0.357. The van der Waals surface area contributed by atoms with E-state index < -0.39 is 0 Å². The summed E-state index contributed by atoms with van der Waals surface area (Å²) in [5.41, 5.74) is 3.66. The Balaban J connectivity index is 2.27. The van der Waals surface area contributed by atoms with Crippen LogP contribution in [-0.4, -0.2) is 16.7 Å². The van der Waals surface area contributed by atoms with E-state index in [0.29, 0.717) is 6.04 Å². The van der Waals surface area contributed by atoms with Gasteiger partial charge in [0.05, 0.1) is 11.7 Å². The smallest absolute Gasteiger partial charge is 0.0709 e. The summed E-state index contributed by atoms with van der Waals surface area (Å²) in [7, 11) is 2.00. The molecule has 2 aromatic rings. The number of allylic oxidation sites excluding steroid dienone is 1. The van der Waals surface area contributed by atoms with Gasteiger partial charge < -0.3 is 5.32 Å². The number of hydrogen-bond donors (Lipinski definition) is 1. The van der Waals surface area contributed by atoms with Gasteiger partial charge in [-0.3, -0.25) is 0 Å². The average Bonchev–Trinajstić information content (AvgIpc) is 2.74. The first-order valence-electron chi connectivity index (χ1n) is 5.96. The fourth-order valence-corrected chi connectivity index (χ4v) is 2.07. The molecule has 0 amide bonds. The van der Waals surface area contributed by atoms with Gasteiger partial charge in [-0.15, -0.1) is 6.58 Å². The molecule has 2 rings (SSSR count). The zero-order chi connectivity index (χ0) is 12.3. The predicted molar refractivity (Wildman–Crippen MR) is 71.0 cm³/mol. The molecule has 90 valence electrons. The fourth-order valence-electron chi connectivity index (χ4n) is 2.07. The van der Waals surface area contributed by atoms with Gasteiger partial charge in [0.1, 0.15) is 0 Å². The molecule has 0 saturated carbocycles. The number of fused-ring (bicyclic) bond motifs is 1. The lowest BCUT2D eigenvalue weighted by atomic mass is 10.0. The lowest BCUT2D eigenvalue weighted by Crippen LogP contribution is -2.16. The first kappa shape index (κ1) is 11.9. The van der Waals surface area contributed by atoms with E-state index in [0.717, 1.165) is 12.8 Å². The first-order valence-corrected chi connectivity index (χ1v) is 5.96. The molecule has 17 heavy (non-hydrogen) atoms. The van der Waals surface area contributed by atoms with E-state index in [1.54, 1.807) is 0 Å². The number of nitrogens with one attached hydrogen (secondary N) is 1. The van der Waals surface area contributed by atoms with Crippen LogP contribution in [0, 0.1) is 0 Å². The van der Waals surface area contributed by atoms with E-state index in [4.69, 9.17) is 0 Å². The van der Waals surface area contributed by atoms with Crippen molar-refractivity contribution in [3.63, 3.8) is 0 Å². The minimum absolute atomic E-state index is 0.339. The van der Waals surface area contributed by atoms with Gasteiger partial charge in [0.15, 0.2) is 0 Å². The molecular weight excluding hydrogens is 210 g/mol. The van der Waals surface area contributed by atoms with Crippen molar-refractivity contribution in [2.75, 3.05) is 7.05 Å². The van der Waals surface area contributed by atoms with Crippen molar-refractivity contribution < 1.29 is 0 Å². The Morgan fingerprint density at radius 3 is 3.06 bits per heavy atom. The first-order chi connectivity index (χ1) is 8.22. The molecule has 0 aliphatic heterocycles. The van der Waals surface area contributed by atoms with Gasteiger partial charge in [-0.05, 0) is 38.9 Å². The molecule has 0 aliphatic carbocycles. The van der Waals surface area contributed by atoms with Gasteiger partial charge in [0.25, 0.3) is 0 Å². The third kappa shape index (κ3) is 2.56. The van der Waals surface area contributed by atoms with Crippen LogP contribution in [-0.2, 0) is 0 Å². The summed E-state index contributed by atoms with van der Waals surface area (Å²) in [6, 6.07) is 6.48. The van der Waals surface area contributed by atoms with Gasteiger partial charge in [0, 0.05) is 17.8 Å². The Morgan fingerprint density at radius 2 is 2.35 bits per heavy atom. The van der Waals surface area contributed by atoms with Crippen molar-refractivity contribution in [1.29, 1.82) is 0 Å². The predicted octanol–water partition coefficient (Wildman–Crippen LogP) is 2.95. The van der Waals surface area contributed by atoms with E-state index in [2.05, 4.69) is 30.0 Å². The third-order valence-corrected chi connectivity index (χ3v) is 3.04. The number of aromatic nitrogens is 2. The van der Waals surface area contributed by atoms with Gasteiger partial charge in [0.2, 0.25) is 0 Å². The highest BCUT2D eigenvalue weighted by Gasteiger charge is 2.13. The Kier molecular flexibility index (Phi) is 3.59. The molecule has 1 N–H and O–H groups in total. The van der Waals surface area contributed by atoms with Crippen LogP contribution in [0.4, 0.5) is 0 Å². The molecule has 3 heteroatoms. The van der Waals surface area contributed by atoms with Crippen LogP contribution in [0.3, 0.4) is 0 Å². The highest BCUT2D eigenvalue weighted by molar-refractivity contribution is 5.54. The topological polar surface area (TPSA) is 29.3 Å². The number of hydrogen-bond acceptors (Lipinski definition) is 2. The highest BCUT2D eigenvalue weighted by atomic mass is 15.2. The van der Waals surface area contributed by atoms with Crippen molar-refractivity contribution in [1.82, 2.24) is 14.9 Å². The second-order valence-electron chi connectivity index (χ2n) is 4.47. The molecule has 2 aromatic heterocycles. The van der Waals surface area contributed by atoms with Gasteiger partial charge >= 0.3 is 0 Å². The maximum absolute atomic E-state index is 4.37. The molecule has 2 heterocycles. The molecule has 0 fully saturated rings. The lowest BCUT2D eigenvalue weighted by molar-refractivity contribution is 0.551. The van der Waals surface area contributed by atoms with E-state index >= 15 is 0 Å². The number of nitrogens with zero attached hydrogens (tertiary/aromatic N) is 2. The second-order valence-corrected chi connectivity index (χ2v) is 4.47. The largest absolute Gasteiger partial charge is 0.313 e. The van der Waals surface area contributed by atoms with Crippen molar-refractivity contribution in [3.05, 3.63) is 48.3 Å². The molecule has 0 radical (unpaired) electrons. The van der Waals surface area contributed by atoms with Gasteiger partial charge in [-0.25, -0.2) is 4.52 Å². The summed E-state index contributed by atoms with van der Waals surface area (Å²) in [5.74, 6) is 0. The molecule has 0 spiro atoms. The van der Waals surface area contributed by atoms with Crippen molar-refractivity contribution >= 4 is 5.52 Å². The Labute approximate surface area is 102 Å². The van der Waals surface area contributed by atoms with Crippen molar-refractivity contribution in [2.45, 2.75) is 25.8 Å². The highest BCUT2D eigenvalue weighted by Crippen LogP contribution is 2.23. The Bertz CT molecular complexity index is 513. The van der Waals surface area contributed by atoms with E-state index in [1.165, 1.54) is 16.7 Å². The van der Waals surface area contributed by atoms with Gasteiger partial charge in [-0.2, -0.15) is 5.10 Å². The van der Waals surface area contributed by atoms with Crippen molar-refractivity contribution in [3.8, 4) is 0 Å². The van der Waals surface area contributed by atoms with Crippen LogP contribution in [0.1, 0.15) is 31.4 Å². The summed E-state index contributed by atoms with van der Waals surface area (Å²) in [5, 5.41) is 7.73. The van der Waals surface area contributed by atoms with E-state index in [1.807, 2.05) is 36.1 Å². The zero-order valence-corrected chi connectivity index (χ0v) is 10.5. The second kappa shape index (κ2) is 5.15. The van der Waals surface area contributed by atoms with Crippen LogP contribution < -0.4 is 5.32 Å². The standard InChI is InChI=1S/C14H19N3/c1-11(2)7-8-13(15-3)12-10-16-17-9-5-4-6-14(12)17/h4-6,9-10,13,15H,1,7-8H2,2-3H3. The quantitative estimate of drug-likeness (QED) is 0.799. The van der Waals surface area contributed by atoms with Crippen LogP contribution in [0.15, 0.2) is 42.7 Å². The molecule has 1 unspecified atom stereocenters. The van der Waals surface area contributed by atoms with Gasteiger partial charge in [-0.1, -0.05) is 11.6 Å². The van der Waals surface area contributed by atoms with Crippen LogP contribution in [0.5, 0.6) is 0 Å². The maximum atomic E-state index is 4.37. The molecule has 0 bridgehead atoms. The minimum atomic E-state index is 0.339. The lowest BCUT2D eigenvalue weighted by Gasteiger charge is -2.15. The number of pyridine rings is 1. The normalized spacial score (nSPS) is 12.8. The summed E-state index contributed by atoms with van der Waals surface area (Å²) >= 11 is 0. The van der Waals surface area contributed by atoms with Crippen LogP contribution in [0.25, 0.3) is 5.52 Å². The van der Waals surface area contributed by atoms with Crippen LogP contribution in [0.2, 0.25) is 0 Å². The number of rotatable bonds is 5.